The molecule has 5 heteroatoms. The maximum absolute atomic E-state index is 9.34. The second-order valence-electron chi connectivity index (χ2n) is 6.62. The van der Waals surface area contributed by atoms with Gasteiger partial charge in [-0.15, -0.1) is 0 Å². The van der Waals surface area contributed by atoms with Crippen molar-refractivity contribution in [2.75, 3.05) is 38.6 Å². The van der Waals surface area contributed by atoms with Gasteiger partial charge >= 0.3 is 0 Å². The number of aromatic nitrogens is 1. The average Bonchev–Trinajstić information content (AvgIpc) is 3.21. The van der Waals surface area contributed by atoms with Crippen molar-refractivity contribution in [3.05, 3.63) is 42.0 Å². The molecule has 2 heterocycles. The summed E-state index contributed by atoms with van der Waals surface area (Å²) in [6, 6.07) is 13.7. The first-order valence-electron chi connectivity index (χ1n) is 9.32. The number of ether oxygens (including phenoxy) is 1. The number of nitrogens with one attached hydrogen (secondary N) is 1. The summed E-state index contributed by atoms with van der Waals surface area (Å²) in [5.74, 6) is 1.49. The Bertz CT molecular complexity index is 746. The molecule has 1 aromatic heterocycles. The van der Waals surface area contributed by atoms with Gasteiger partial charge in [0.05, 0.1) is 18.4 Å². The third-order valence-electron chi connectivity index (χ3n) is 4.79. The highest BCUT2D eigenvalue weighted by Crippen LogP contribution is 2.23. The highest BCUT2D eigenvalue weighted by molar-refractivity contribution is 5.65. The van der Waals surface area contributed by atoms with Gasteiger partial charge in [0.25, 0.3) is 0 Å². The number of hydrogen-bond donors (Lipinski definition) is 1. The molecule has 1 aromatic carbocycles. The molecule has 1 fully saturated rings. The summed E-state index contributed by atoms with van der Waals surface area (Å²) in [5, 5.41) is 12.7. The van der Waals surface area contributed by atoms with E-state index in [-0.39, 0.29) is 0 Å². The van der Waals surface area contributed by atoms with Crippen molar-refractivity contribution in [3.8, 4) is 23.1 Å². The molecule has 0 unspecified atom stereocenters. The Morgan fingerprint density at radius 3 is 2.58 bits per heavy atom. The summed E-state index contributed by atoms with van der Waals surface area (Å²) in [6.45, 7) is 4.50. The molecular formula is C21H26N4O. The van der Waals surface area contributed by atoms with Gasteiger partial charge in [-0.2, -0.15) is 5.26 Å². The van der Waals surface area contributed by atoms with Crippen LogP contribution in [-0.2, 0) is 0 Å². The number of benzene rings is 1. The molecule has 0 radical (unpaired) electrons. The van der Waals surface area contributed by atoms with Gasteiger partial charge < -0.3 is 15.0 Å². The number of nitriles is 1. The summed E-state index contributed by atoms with van der Waals surface area (Å²) in [6.07, 6.45) is 4.93. The Morgan fingerprint density at radius 1 is 1.12 bits per heavy atom. The molecule has 0 saturated carbocycles. The summed E-state index contributed by atoms with van der Waals surface area (Å²) in [7, 11) is 1.65. The van der Waals surface area contributed by atoms with Crippen molar-refractivity contribution in [2.45, 2.75) is 25.7 Å². The molecule has 5 nitrogen and oxygen atoms in total. The number of rotatable bonds is 8. The Morgan fingerprint density at radius 2 is 1.88 bits per heavy atom. The smallest absolute Gasteiger partial charge is 0.144 e. The third kappa shape index (κ3) is 4.74. The monoisotopic (exact) mass is 350 g/mol. The van der Waals surface area contributed by atoms with E-state index in [1.165, 1.54) is 38.9 Å². The lowest BCUT2D eigenvalue weighted by Crippen LogP contribution is -2.21. The molecule has 0 bridgehead atoms. The fourth-order valence-corrected chi connectivity index (χ4v) is 3.28. The van der Waals surface area contributed by atoms with Gasteiger partial charge in [-0.1, -0.05) is 0 Å². The van der Waals surface area contributed by atoms with Gasteiger partial charge in [0.1, 0.15) is 17.6 Å². The van der Waals surface area contributed by atoms with E-state index in [1.807, 2.05) is 36.4 Å². The molecule has 2 aromatic rings. The molecular weight excluding hydrogens is 324 g/mol. The van der Waals surface area contributed by atoms with Gasteiger partial charge in [0, 0.05) is 12.1 Å². The molecule has 1 N–H and O–H groups in total. The molecule has 0 atom stereocenters. The van der Waals surface area contributed by atoms with Crippen LogP contribution in [0.5, 0.6) is 5.75 Å². The van der Waals surface area contributed by atoms with Gasteiger partial charge in [-0.05, 0) is 81.7 Å². The van der Waals surface area contributed by atoms with Gasteiger partial charge in [0.15, 0.2) is 0 Å². The highest BCUT2D eigenvalue weighted by Gasteiger charge is 2.11. The van der Waals surface area contributed by atoms with Crippen molar-refractivity contribution in [1.82, 2.24) is 9.88 Å². The molecule has 0 amide bonds. The lowest BCUT2D eigenvalue weighted by Gasteiger charge is -2.14. The zero-order chi connectivity index (χ0) is 18.2. The number of pyridine rings is 1. The second kappa shape index (κ2) is 9.21. The zero-order valence-electron chi connectivity index (χ0n) is 15.4. The van der Waals surface area contributed by atoms with Crippen LogP contribution in [0.15, 0.2) is 36.4 Å². The summed E-state index contributed by atoms with van der Waals surface area (Å²) < 4.78 is 5.20. The van der Waals surface area contributed by atoms with Crippen LogP contribution in [0.25, 0.3) is 11.3 Å². The van der Waals surface area contributed by atoms with Crippen molar-refractivity contribution < 1.29 is 4.74 Å². The molecule has 1 aliphatic rings. The van der Waals surface area contributed by atoms with Crippen LogP contribution < -0.4 is 10.1 Å². The van der Waals surface area contributed by atoms with Gasteiger partial charge in [0.2, 0.25) is 0 Å². The Labute approximate surface area is 155 Å². The highest BCUT2D eigenvalue weighted by atomic mass is 16.5. The number of methoxy groups -OCH3 is 1. The standard InChI is InChI=1S/C21H26N4O/c1-26-19-9-6-17(7-10-19)20-11-8-18(16-22)21(24-20)23-12-2-3-13-25-14-4-5-15-25/h6-11H,2-5,12-15H2,1H3,(H,23,24). The third-order valence-corrected chi connectivity index (χ3v) is 4.79. The van der Waals surface area contributed by atoms with Crippen molar-refractivity contribution in [1.29, 1.82) is 5.26 Å². The van der Waals surface area contributed by atoms with Crippen LogP contribution in [0.4, 0.5) is 5.82 Å². The zero-order valence-corrected chi connectivity index (χ0v) is 15.4. The van der Waals surface area contributed by atoms with E-state index >= 15 is 0 Å². The maximum atomic E-state index is 9.34. The van der Waals surface area contributed by atoms with Crippen LogP contribution >= 0.6 is 0 Å². The van der Waals surface area contributed by atoms with E-state index in [2.05, 4.69) is 21.3 Å². The van der Waals surface area contributed by atoms with E-state index in [0.717, 1.165) is 30.0 Å². The minimum absolute atomic E-state index is 0.585. The minimum Gasteiger partial charge on any atom is -0.497 e. The van der Waals surface area contributed by atoms with Crippen LogP contribution in [0.1, 0.15) is 31.2 Å². The molecule has 3 rings (SSSR count). The van der Waals surface area contributed by atoms with Crippen LogP contribution in [0, 0.1) is 11.3 Å². The van der Waals surface area contributed by atoms with Gasteiger partial charge in [-0.3, -0.25) is 0 Å². The number of likely N-dealkylation sites (tertiary alicyclic amines) is 1. The SMILES string of the molecule is COc1ccc(-c2ccc(C#N)c(NCCCCN3CCCC3)n2)cc1. The normalized spacial score (nSPS) is 14.2. The Hall–Kier alpha value is -2.58. The van der Waals surface area contributed by atoms with Crippen molar-refractivity contribution in [3.63, 3.8) is 0 Å². The number of nitrogens with zero attached hydrogens (tertiary/aromatic N) is 3. The Kier molecular flexibility index (Phi) is 6.45. The Balaban J connectivity index is 1.59. The van der Waals surface area contributed by atoms with E-state index in [9.17, 15) is 5.26 Å². The maximum Gasteiger partial charge on any atom is 0.144 e. The predicted octanol–water partition coefficient (Wildman–Crippen LogP) is 3.92. The average molecular weight is 350 g/mol. The van der Waals surface area contributed by atoms with E-state index in [1.54, 1.807) is 7.11 Å². The van der Waals surface area contributed by atoms with Crippen LogP contribution in [-0.4, -0.2) is 43.2 Å². The first-order valence-corrected chi connectivity index (χ1v) is 9.32. The van der Waals surface area contributed by atoms with Gasteiger partial charge in [-0.25, -0.2) is 4.98 Å². The predicted molar refractivity (Wildman–Crippen MR) is 104 cm³/mol. The number of anilines is 1. The van der Waals surface area contributed by atoms with Crippen LogP contribution in [0.2, 0.25) is 0 Å². The molecule has 26 heavy (non-hydrogen) atoms. The van der Waals surface area contributed by atoms with E-state index in [4.69, 9.17) is 4.74 Å². The van der Waals surface area contributed by atoms with Crippen molar-refractivity contribution in [2.24, 2.45) is 0 Å². The second-order valence-corrected chi connectivity index (χ2v) is 6.62. The quantitative estimate of drug-likeness (QED) is 0.731. The largest absolute Gasteiger partial charge is 0.497 e. The first kappa shape index (κ1) is 18.2. The minimum atomic E-state index is 0.585. The fourth-order valence-electron chi connectivity index (χ4n) is 3.28. The molecule has 136 valence electrons. The fraction of sp³-hybridized carbons (Fsp3) is 0.429. The summed E-state index contributed by atoms with van der Waals surface area (Å²) in [5.41, 5.74) is 2.44. The topological polar surface area (TPSA) is 61.2 Å². The first-order chi connectivity index (χ1) is 12.8. The summed E-state index contributed by atoms with van der Waals surface area (Å²) in [4.78, 5) is 7.19. The number of hydrogen-bond acceptors (Lipinski definition) is 5. The molecule has 0 aliphatic carbocycles. The van der Waals surface area contributed by atoms with E-state index < -0.39 is 0 Å². The lowest BCUT2D eigenvalue weighted by atomic mass is 10.1. The number of unbranched alkanes of at least 4 members (excludes halogenated alkanes) is 1. The molecule has 1 saturated heterocycles. The lowest BCUT2D eigenvalue weighted by molar-refractivity contribution is 0.331. The molecule has 1 aliphatic heterocycles. The van der Waals surface area contributed by atoms with Crippen LogP contribution in [0.3, 0.4) is 0 Å². The van der Waals surface area contributed by atoms with E-state index in [0.29, 0.717) is 11.4 Å². The summed E-state index contributed by atoms with van der Waals surface area (Å²) >= 11 is 0. The molecule has 0 spiro atoms. The van der Waals surface area contributed by atoms with Crippen molar-refractivity contribution >= 4 is 5.82 Å².